The lowest BCUT2D eigenvalue weighted by molar-refractivity contribution is -0.146. The van der Waals surface area contributed by atoms with Crippen molar-refractivity contribution in [2.75, 3.05) is 26.7 Å². The Hall–Kier alpha value is -3.02. The van der Waals surface area contributed by atoms with Crippen molar-refractivity contribution >= 4 is 11.8 Å². The normalized spacial score (nSPS) is 21.3. The summed E-state index contributed by atoms with van der Waals surface area (Å²) in [4.78, 5) is 30.1. The first-order valence-corrected chi connectivity index (χ1v) is 10.4. The number of likely N-dealkylation sites (tertiary alicyclic amines) is 2. The van der Waals surface area contributed by atoms with E-state index in [1.54, 1.807) is 37.1 Å². The molecule has 2 aromatic rings. The first-order chi connectivity index (χ1) is 14.4. The van der Waals surface area contributed by atoms with Crippen LogP contribution in [-0.4, -0.2) is 53.5 Å². The molecule has 158 valence electrons. The number of ether oxygens (including phenoxy) is 1. The first kappa shape index (κ1) is 20.3. The van der Waals surface area contributed by atoms with Crippen LogP contribution < -0.4 is 4.74 Å². The minimum atomic E-state index is -0.522. The Kier molecular flexibility index (Phi) is 5.41. The second-order valence-electron chi connectivity index (χ2n) is 8.41. The monoisotopic (exact) mass is 408 g/mol. The molecule has 0 saturated carbocycles. The quantitative estimate of drug-likeness (QED) is 0.842. The zero-order valence-corrected chi connectivity index (χ0v) is 17.6. The van der Waals surface area contributed by atoms with Crippen molar-refractivity contribution in [3.05, 3.63) is 59.2 Å². The van der Waals surface area contributed by atoms with Crippen molar-refractivity contribution in [3.8, 4) is 11.5 Å². The van der Waals surface area contributed by atoms with E-state index in [1.807, 2.05) is 29.2 Å². The standard InChI is InChI=1S/C24H28N2O4/c1-17-6-3-9-20(21(17)27)22(28)26-13-11-24(16-26)10-5-12-25(23(24)29)15-18-7-4-8-19(14-18)30-2/h3-4,6-9,14,27H,5,10-13,15-16H2,1-2H3. The summed E-state index contributed by atoms with van der Waals surface area (Å²) in [7, 11) is 1.64. The average Bonchev–Trinajstić information content (AvgIpc) is 3.18. The fourth-order valence-electron chi connectivity index (χ4n) is 4.72. The molecular formula is C24H28N2O4. The van der Waals surface area contributed by atoms with Gasteiger partial charge >= 0.3 is 0 Å². The van der Waals surface area contributed by atoms with Gasteiger partial charge in [0.15, 0.2) is 0 Å². The van der Waals surface area contributed by atoms with Crippen LogP contribution in [0.2, 0.25) is 0 Å². The molecule has 2 aromatic carbocycles. The van der Waals surface area contributed by atoms with Gasteiger partial charge in [0, 0.05) is 26.2 Å². The van der Waals surface area contributed by atoms with Crippen LogP contribution in [0, 0.1) is 12.3 Å². The van der Waals surface area contributed by atoms with Gasteiger partial charge in [-0.05, 0) is 55.5 Å². The van der Waals surface area contributed by atoms with E-state index >= 15 is 0 Å². The van der Waals surface area contributed by atoms with Gasteiger partial charge in [0.25, 0.3) is 5.91 Å². The minimum absolute atomic E-state index is 0.0260. The third-order valence-corrected chi connectivity index (χ3v) is 6.44. The van der Waals surface area contributed by atoms with E-state index in [0.29, 0.717) is 37.2 Å². The van der Waals surface area contributed by atoms with Gasteiger partial charge in [-0.25, -0.2) is 0 Å². The van der Waals surface area contributed by atoms with Crippen molar-refractivity contribution in [2.45, 2.75) is 32.7 Å². The Morgan fingerprint density at radius 1 is 1.17 bits per heavy atom. The number of phenols is 1. The number of benzene rings is 2. The highest BCUT2D eigenvalue weighted by Gasteiger charge is 2.49. The maximum atomic E-state index is 13.4. The highest BCUT2D eigenvalue weighted by Crippen LogP contribution is 2.41. The first-order valence-electron chi connectivity index (χ1n) is 10.4. The van der Waals surface area contributed by atoms with E-state index in [-0.39, 0.29) is 17.6 Å². The fraction of sp³-hybridized carbons (Fsp3) is 0.417. The molecule has 2 heterocycles. The molecule has 0 bridgehead atoms. The number of phenolic OH excluding ortho intramolecular Hbond substituents is 1. The van der Waals surface area contributed by atoms with E-state index < -0.39 is 5.41 Å². The number of hydrogen-bond acceptors (Lipinski definition) is 4. The summed E-state index contributed by atoms with van der Waals surface area (Å²) >= 11 is 0. The average molecular weight is 408 g/mol. The zero-order chi connectivity index (χ0) is 21.3. The molecule has 2 fully saturated rings. The van der Waals surface area contributed by atoms with Gasteiger partial charge in [0.2, 0.25) is 5.91 Å². The van der Waals surface area contributed by atoms with Crippen LogP contribution >= 0.6 is 0 Å². The number of amides is 2. The molecule has 0 radical (unpaired) electrons. The van der Waals surface area contributed by atoms with Crippen LogP contribution in [0.1, 0.15) is 40.7 Å². The Bertz CT molecular complexity index is 973. The van der Waals surface area contributed by atoms with Gasteiger partial charge in [0.05, 0.1) is 18.1 Å². The molecule has 1 N–H and O–H groups in total. The van der Waals surface area contributed by atoms with Gasteiger partial charge in [-0.1, -0.05) is 24.3 Å². The molecular weight excluding hydrogens is 380 g/mol. The molecule has 6 heteroatoms. The summed E-state index contributed by atoms with van der Waals surface area (Å²) in [6.45, 7) is 3.99. The van der Waals surface area contributed by atoms with Gasteiger partial charge in [-0.3, -0.25) is 9.59 Å². The number of nitrogens with zero attached hydrogens (tertiary/aromatic N) is 2. The fourth-order valence-corrected chi connectivity index (χ4v) is 4.72. The second kappa shape index (κ2) is 8.01. The molecule has 1 spiro atoms. The molecule has 0 aliphatic carbocycles. The highest BCUT2D eigenvalue weighted by atomic mass is 16.5. The third kappa shape index (κ3) is 3.62. The predicted molar refractivity (Wildman–Crippen MR) is 113 cm³/mol. The number of piperidine rings is 1. The number of carbonyl (C=O) groups is 2. The van der Waals surface area contributed by atoms with E-state index in [9.17, 15) is 14.7 Å². The van der Waals surface area contributed by atoms with Crippen molar-refractivity contribution in [1.29, 1.82) is 0 Å². The molecule has 1 atom stereocenters. The smallest absolute Gasteiger partial charge is 0.257 e. The van der Waals surface area contributed by atoms with Crippen LogP contribution in [0.5, 0.6) is 11.5 Å². The highest BCUT2D eigenvalue weighted by molar-refractivity contribution is 5.98. The summed E-state index contributed by atoms with van der Waals surface area (Å²) in [5.41, 5.74) is 1.50. The van der Waals surface area contributed by atoms with E-state index in [1.165, 1.54) is 0 Å². The van der Waals surface area contributed by atoms with Crippen LogP contribution in [0.4, 0.5) is 0 Å². The molecule has 6 nitrogen and oxygen atoms in total. The van der Waals surface area contributed by atoms with Crippen molar-refractivity contribution in [3.63, 3.8) is 0 Å². The molecule has 2 aliphatic heterocycles. The Morgan fingerprint density at radius 2 is 1.97 bits per heavy atom. The number of aromatic hydroxyl groups is 1. The lowest BCUT2D eigenvalue weighted by Gasteiger charge is -2.39. The maximum absolute atomic E-state index is 13.4. The van der Waals surface area contributed by atoms with Crippen molar-refractivity contribution in [2.24, 2.45) is 5.41 Å². The van der Waals surface area contributed by atoms with Crippen LogP contribution in [0.15, 0.2) is 42.5 Å². The molecule has 30 heavy (non-hydrogen) atoms. The number of aryl methyl sites for hydroxylation is 1. The summed E-state index contributed by atoms with van der Waals surface area (Å²) in [6, 6.07) is 13.0. The second-order valence-corrected chi connectivity index (χ2v) is 8.41. The molecule has 2 amide bonds. The van der Waals surface area contributed by atoms with Crippen LogP contribution in [0.3, 0.4) is 0 Å². The number of carbonyl (C=O) groups excluding carboxylic acids is 2. The van der Waals surface area contributed by atoms with Crippen molar-refractivity contribution < 1.29 is 19.4 Å². The minimum Gasteiger partial charge on any atom is -0.507 e. The lowest BCUT2D eigenvalue weighted by Crippen LogP contribution is -2.50. The molecule has 4 rings (SSSR count). The number of para-hydroxylation sites is 1. The topological polar surface area (TPSA) is 70.1 Å². The molecule has 2 aliphatic rings. The number of rotatable bonds is 4. The lowest BCUT2D eigenvalue weighted by atomic mass is 9.78. The summed E-state index contributed by atoms with van der Waals surface area (Å²) in [6.07, 6.45) is 2.39. The van der Waals surface area contributed by atoms with E-state index in [2.05, 4.69) is 0 Å². The third-order valence-electron chi connectivity index (χ3n) is 6.44. The Labute approximate surface area is 177 Å². The van der Waals surface area contributed by atoms with Crippen LogP contribution in [0.25, 0.3) is 0 Å². The SMILES string of the molecule is COc1cccc(CN2CCCC3(CCN(C(=O)c4cccc(C)c4O)C3)C2=O)c1. The van der Waals surface area contributed by atoms with Crippen molar-refractivity contribution in [1.82, 2.24) is 9.80 Å². The zero-order valence-electron chi connectivity index (χ0n) is 17.6. The molecule has 0 aromatic heterocycles. The van der Waals surface area contributed by atoms with E-state index in [0.717, 1.165) is 30.7 Å². The number of hydrogen-bond donors (Lipinski definition) is 1. The van der Waals surface area contributed by atoms with Gasteiger partial charge in [-0.2, -0.15) is 0 Å². The largest absolute Gasteiger partial charge is 0.507 e. The summed E-state index contributed by atoms with van der Waals surface area (Å²) in [5.74, 6) is 0.728. The predicted octanol–water partition coefficient (Wildman–Crippen LogP) is 3.36. The summed E-state index contributed by atoms with van der Waals surface area (Å²) < 4.78 is 5.30. The van der Waals surface area contributed by atoms with Gasteiger partial charge < -0.3 is 19.6 Å². The number of methoxy groups -OCH3 is 1. The summed E-state index contributed by atoms with van der Waals surface area (Å²) in [5, 5.41) is 10.3. The van der Waals surface area contributed by atoms with Gasteiger partial charge in [0.1, 0.15) is 11.5 Å². The Balaban J connectivity index is 1.50. The molecule has 1 unspecified atom stereocenters. The van der Waals surface area contributed by atoms with Crippen LogP contribution in [-0.2, 0) is 11.3 Å². The van der Waals surface area contributed by atoms with Gasteiger partial charge in [-0.15, -0.1) is 0 Å². The van der Waals surface area contributed by atoms with E-state index in [4.69, 9.17) is 4.74 Å². The molecule has 2 saturated heterocycles. The maximum Gasteiger partial charge on any atom is 0.257 e. The Morgan fingerprint density at radius 3 is 2.77 bits per heavy atom.